The summed E-state index contributed by atoms with van der Waals surface area (Å²) in [7, 11) is 0. The second-order valence-electron chi connectivity index (χ2n) is 2.55. The first kappa shape index (κ1) is 13.5. The van der Waals surface area contributed by atoms with Crippen molar-refractivity contribution in [2.75, 3.05) is 6.61 Å². The quantitative estimate of drug-likeness (QED) is 0.334. The number of allylic oxidation sites excluding steroid dienone is 1. The van der Waals surface area contributed by atoms with Gasteiger partial charge in [0, 0.05) is 0 Å². The van der Waals surface area contributed by atoms with E-state index in [0.29, 0.717) is 0 Å². The first-order valence-corrected chi connectivity index (χ1v) is 3.94. The van der Waals surface area contributed by atoms with Gasteiger partial charge < -0.3 is 9.84 Å². The van der Waals surface area contributed by atoms with Crippen LogP contribution in [0.4, 0.5) is 13.2 Å². The van der Waals surface area contributed by atoms with Gasteiger partial charge in [-0.3, -0.25) is 5.41 Å². The number of hydrogen-bond donors (Lipinski definition) is 2. The lowest BCUT2D eigenvalue weighted by Crippen LogP contribution is -2.29. The number of aliphatic hydroxyl groups is 1. The van der Waals surface area contributed by atoms with Crippen molar-refractivity contribution in [3.8, 4) is 0 Å². The minimum atomic E-state index is -4.99. The molecule has 0 aliphatic heterocycles. The van der Waals surface area contributed by atoms with Crippen LogP contribution < -0.4 is 0 Å². The maximum atomic E-state index is 12.1. The second-order valence-corrected chi connectivity index (χ2v) is 2.55. The molecule has 0 saturated carbocycles. The summed E-state index contributed by atoms with van der Waals surface area (Å²) in [6.45, 7) is 2.15. The number of nitrogens with one attached hydrogen (secondary N) is 1. The topological polar surface area (TPSA) is 70.4 Å². The Hall–Kier alpha value is -1.53. The van der Waals surface area contributed by atoms with Gasteiger partial charge in [0.2, 0.25) is 0 Å². The lowest BCUT2D eigenvalue weighted by Gasteiger charge is -2.11. The van der Waals surface area contributed by atoms with Crippen molar-refractivity contribution in [1.82, 2.24) is 0 Å². The summed E-state index contributed by atoms with van der Waals surface area (Å²) in [6, 6.07) is 0. The molecule has 0 aromatic rings. The van der Waals surface area contributed by atoms with Gasteiger partial charge >= 0.3 is 12.1 Å². The zero-order valence-corrected chi connectivity index (χ0v) is 8.10. The molecule has 0 bridgehead atoms. The molecular formula is C8H10F3NO3. The molecule has 0 radical (unpaired) electrons. The molecule has 0 aromatic heterocycles. The van der Waals surface area contributed by atoms with Crippen molar-refractivity contribution < 1.29 is 27.8 Å². The van der Waals surface area contributed by atoms with E-state index in [-0.39, 0.29) is 6.61 Å². The third kappa shape index (κ3) is 3.61. The molecule has 0 spiro atoms. The smallest absolute Gasteiger partial charge is 0.433 e. The van der Waals surface area contributed by atoms with E-state index in [1.54, 1.807) is 0 Å². The van der Waals surface area contributed by atoms with Crippen LogP contribution in [0.5, 0.6) is 0 Å². The van der Waals surface area contributed by atoms with Crippen molar-refractivity contribution in [2.24, 2.45) is 0 Å². The summed E-state index contributed by atoms with van der Waals surface area (Å²) in [5.41, 5.74) is -3.08. The Labute approximate surface area is 83.9 Å². The summed E-state index contributed by atoms with van der Waals surface area (Å²) >= 11 is 0. The number of carbonyl (C=O) groups excluding carboxylic acids is 1. The summed E-state index contributed by atoms with van der Waals surface area (Å²) in [4.78, 5) is 11.0. The largest absolute Gasteiger partial charge is 0.512 e. The Morgan fingerprint density at radius 2 is 1.93 bits per heavy atom. The number of alkyl halides is 3. The predicted molar refractivity (Wildman–Crippen MR) is 45.7 cm³/mol. The van der Waals surface area contributed by atoms with E-state index in [2.05, 4.69) is 4.74 Å². The first-order chi connectivity index (χ1) is 6.71. The van der Waals surface area contributed by atoms with Gasteiger partial charge in [-0.2, -0.15) is 13.2 Å². The van der Waals surface area contributed by atoms with Crippen LogP contribution in [0.3, 0.4) is 0 Å². The summed E-state index contributed by atoms with van der Waals surface area (Å²) in [5.74, 6) is -2.25. The van der Waals surface area contributed by atoms with Gasteiger partial charge in [-0.05, 0) is 13.8 Å². The predicted octanol–water partition coefficient (Wildman–Crippen LogP) is 1.96. The molecule has 0 atom stereocenters. The van der Waals surface area contributed by atoms with E-state index in [1.807, 2.05) is 0 Å². The van der Waals surface area contributed by atoms with Crippen molar-refractivity contribution in [2.45, 2.75) is 20.0 Å². The zero-order chi connectivity index (χ0) is 12.2. The normalized spacial score (nSPS) is 13.1. The molecular weight excluding hydrogens is 215 g/mol. The Morgan fingerprint density at radius 1 is 1.47 bits per heavy atom. The van der Waals surface area contributed by atoms with Crippen LogP contribution in [0.2, 0.25) is 0 Å². The van der Waals surface area contributed by atoms with E-state index in [4.69, 9.17) is 10.5 Å². The highest BCUT2D eigenvalue weighted by Gasteiger charge is 2.40. The van der Waals surface area contributed by atoms with Gasteiger partial charge in [-0.25, -0.2) is 4.79 Å². The molecule has 0 heterocycles. The fourth-order valence-electron chi connectivity index (χ4n) is 0.776. The maximum absolute atomic E-state index is 12.1. The molecule has 2 N–H and O–H groups in total. The molecule has 0 rings (SSSR count). The fraction of sp³-hybridized carbons (Fsp3) is 0.500. The minimum absolute atomic E-state index is 0.138. The number of carbonyl (C=O) groups is 1. The molecule has 15 heavy (non-hydrogen) atoms. The molecule has 0 aliphatic rings. The third-order valence-electron chi connectivity index (χ3n) is 1.37. The van der Waals surface area contributed by atoms with Crippen LogP contribution in [0.15, 0.2) is 11.3 Å². The van der Waals surface area contributed by atoms with E-state index < -0.39 is 29.2 Å². The SMILES string of the molecule is CCOC(=O)/C(C(=N)C(F)(F)F)=C(\C)O. The summed E-state index contributed by atoms with van der Waals surface area (Å²) < 4.78 is 40.5. The number of ether oxygens (including phenoxy) is 1. The Balaban J connectivity index is 5.13. The van der Waals surface area contributed by atoms with E-state index in [1.165, 1.54) is 6.92 Å². The third-order valence-corrected chi connectivity index (χ3v) is 1.37. The van der Waals surface area contributed by atoms with Crippen LogP contribution in [0, 0.1) is 5.41 Å². The van der Waals surface area contributed by atoms with E-state index in [9.17, 15) is 18.0 Å². The second kappa shape index (κ2) is 4.81. The van der Waals surface area contributed by atoms with Gasteiger partial charge in [-0.15, -0.1) is 0 Å². The molecule has 86 valence electrons. The molecule has 4 nitrogen and oxygen atoms in total. The molecule has 0 aromatic carbocycles. The van der Waals surface area contributed by atoms with Crippen LogP contribution in [-0.4, -0.2) is 29.6 Å². The van der Waals surface area contributed by atoms with Gasteiger partial charge in [0.05, 0.1) is 6.61 Å². The highest BCUT2D eigenvalue weighted by atomic mass is 19.4. The minimum Gasteiger partial charge on any atom is -0.512 e. The highest BCUT2D eigenvalue weighted by Crippen LogP contribution is 2.23. The summed E-state index contributed by atoms with van der Waals surface area (Å²) in [5, 5.41) is 15.6. The number of rotatable bonds is 3. The lowest BCUT2D eigenvalue weighted by atomic mass is 10.1. The molecule has 0 amide bonds. The standard InChI is InChI=1S/C8H10F3NO3/c1-3-15-7(14)5(4(2)13)6(12)8(9,10)11/h12-13H,3H2,1-2H3/b5-4+,12-6?. The molecule has 0 fully saturated rings. The molecule has 0 aliphatic carbocycles. The van der Waals surface area contributed by atoms with Gasteiger partial charge in [-0.1, -0.05) is 0 Å². The Bertz CT molecular complexity index is 303. The first-order valence-electron chi connectivity index (χ1n) is 3.94. The van der Waals surface area contributed by atoms with Crippen LogP contribution in [-0.2, 0) is 9.53 Å². The number of esters is 1. The Morgan fingerprint density at radius 3 is 2.20 bits per heavy atom. The van der Waals surface area contributed by atoms with E-state index >= 15 is 0 Å². The molecule has 7 heteroatoms. The van der Waals surface area contributed by atoms with Crippen LogP contribution >= 0.6 is 0 Å². The fourth-order valence-corrected chi connectivity index (χ4v) is 0.776. The van der Waals surface area contributed by atoms with Gasteiger partial charge in [0.1, 0.15) is 11.3 Å². The van der Waals surface area contributed by atoms with Crippen molar-refractivity contribution >= 4 is 11.7 Å². The van der Waals surface area contributed by atoms with Gasteiger partial charge in [0.25, 0.3) is 0 Å². The average Bonchev–Trinajstić information content (AvgIpc) is 2.02. The number of halogens is 3. The average molecular weight is 225 g/mol. The number of hydrogen-bond acceptors (Lipinski definition) is 4. The number of aliphatic hydroxyl groups excluding tert-OH is 1. The lowest BCUT2D eigenvalue weighted by molar-refractivity contribution is -0.138. The molecule has 0 unspecified atom stereocenters. The van der Waals surface area contributed by atoms with Crippen molar-refractivity contribution in [1.29, 1.82) is 5.41 Å². The van der Waals surface area contributed by atoms with Crippen molar-refractivity contribution in [3.05, 3.63) is 11.3 Å². The van der Waals surface area contributed by atoms with Gasteiger partial charge in [0.15, 0.2) is 5.71 Å². The monoisotopic (exact) mass is 225 g/mol. The van der Waals surface area contributed by atoms with Crippen molar-refractivity contribution in [3.63, 3.8) is 0 Å². The zero-order valence-electron chi connectivity index (χ0n) is 8.10. The highest BCUT2D eigenvalue weighted by molar-refractivity contribution is 6.20. The Kier molecular flexibility index (Phi) is 4.32. The summed E-state index contributed by atoms with van der Waals surface area (Å²) in [6.07, 6.45) is -4.99. The molecule has 0 saturated heterocycles. The maximum Gasteiger partial charge on any atom is 0.433 e. The van der Waals surface area contributed by atoms with E-state index in [0.717, 1.165) is 6.92 Å². The van der Waals surface area contributed by atoms with Crippen LogP contribution in [0.1, 0.15) is 13.8 Å². The van der Waals surface area contributed by atoms with Crippen LogP contribution in [0.25, 0.3) is 0 Å².